The van der Waals surface area contributed by atoms with E-state index in [9.17, 15) is 4.79 Å². The number of hydrogen-bond donors (Lipinski definition) is 0. The number of carbonyl (C=O) groups is 1. The van der Waals surface area contributed by atoms with Gasteiger partial charge in [0.05, 0.1) is 24.9 Å². The lowest BCUT2D eigenvalue weighted by molar-refractivity contribution is 0.0732. The minimum absolute atomic E-state index is 0.00160. The molecule has 0 saturated carbocycles. The van der Waals surface area contributed by atoms with Crippen molar-refractivity contribution in [1.29, 1.82) is 0 Å². The average molecular weight is 460 g/mol. The fourth-order valence-electron chi connectivity index (χ4n) is 4.32. The van der Waals surface area contributed by atoms with Crippen LogP contribution in [-0.4, -0.2) is 72.6 Å². The number of aromatic nitrogens is 2. The molecule has 34 heavy (non-hydrogen) atoms. The maximum absolute atomic E-state index is 13.1. The van der Waals surface area contributed by atoms with Gasteiger partial charge in [0.1, 0.15) is 11.5 Å². The molecule has 0 unspecified atom stereocenters. The van der Waals surface area contributed by atoms with Crippen molar-refractivity contribution in [3.05, 3.63) is 71.4 Å². The standard InChI is InChI=1S/C26H29N5O3/c1-29-13-15-30(16-14-29)26-27-23-11-12-31(25(32)19-7-4-3-5-8-19)18-22(23)24(28-26)34-21-10-6-9-20(17-21)33-2/h3-10,17H,11-16,18H2,1-2H3. The van der Waals surface area contributed by atoms with Gasteiger partial charge in [-0.05, 0) is 31.3 Å². The number of methoxy groups -OCH3 is 1. The Kier molecular flexibility index (Phi) is 6.31. The first kappa shape index (κ1) is 22.2. The Morgan fingerprint density at radius 2 is 1.68 bits per heavy atom. The minimum atomic E-state index is 0.00160. The molecule has 1 saturated heterocycles. The lowest BCUT2D eigenvalue weighted by Crippen LogP contribution is -2.45. The Bertz CT molecular complexity index is 1160. The quantitative estimate of drug-likeness (QED) is 0.580. The summed E-state index contributed by atoms with van der Waals surface area (Å²) in [5.41, 5.74) is 2.48. The third kappa shape index (κ3) is 4.68. The molecular weight excluding hydrogens is 430 g/mol. The Hall–Kier alpha value is -3.65. The van der Waals surface area contributed by atoms with E-state index in [0.717, 1.165) is 37.4 Å². The van der Waals surface area contributed by atoms with Crippen LogP contribution in [0.5, 0.6) is 17.4 Å². The Morgan fingerprint density at radius 3 is 2.44 bits per heavy atom. The second kappa shape index (κ2) is 9.69. The smallest absolute Gasteiger partial charge is 0.254 e. The normalized spacial score (nSPS) is 16.2. The molecular formula is C26H29N5O3. The fourth-order valence-corrected chi connectivity index (χ4v) is 4.32. The average Bonchev–Trinajstić information content (AvgIpc) is 2.89. The van der Waals surface area contributed by atoms with E-state index in [-0.39, 0.29) is 5.91 Å². The summed E-state index contributed by atoms with van der Waals surface area (Å²) in [5.74, 6) is 2.53. The zero-order valence-corrected chi connectivity index (χ0v) is 19.6. The Balaban J connectivity index is 1.48. The summed E-state index contributed by atoms with van der Waals surface area (Å²) in [6.07, 6.45) is 0.658. The van der Waals surface area contributed by atoms with Crippen LogP contribution in [0.2, 0.25) is 0 Å². The van der Waals surface area contributed by atoms with Gasteiger partial charge < -0.3 is 24.2 Å². The van der Waals surface area contributed by atoms with Crippen molar-refractivity contribution in [1.82, 2.24) is 19.8 Å². The molecule has 8 heteroatoms. The molecule has 1 fully saturated rings. The third-order valence-corrected chi connectivity index (χ3v) is 6.36. The monoisotopic (exact) mass is 459 g/mol. The van der Waals surface area contributed by atoms with E-state index in [4.69, 9.17) is 19.4 Å². The molecule has 3 aromatic rings. The number of rotatable bonds is 5. The molecule has 1 aromatic heterocycles. The summed E-state index contributed by atoms with van der Waals surface area (Å²) in [4.78, 5) is 29.2. The first-order valence-electron chi connectivity index (χ1n) is 11.6. The third-order valence-electron chi connectivity index (χ3n) is 6.36. The lowest BCUT2D eigenvalue weighted by Gasteiger charge is -2.34. The highest BCUT2D eigenvalue weighted by Crippen LogP contribution is 2.33. The van der Waals surface area contributed by atoms with Crippen LogP contribution in [0, 0.1) is 0 Å². The zero-order valence-electron chi connectivity index (χ0n) is 19.6. The van der Waals surface area contributed by atoms with E-state index in [2.05, 4.69) is 16.8 Å². The van der Waals surface area contributed by atoms with Crippen molar-refractivity contribution in [2.75, 3.05) is 51.8 Å². The van der Waals surface area contributed by atoms with Crippen LogP contribution in [0.3, 0.4) is 0 Å². The van der Waals surface area contributed by atoms with E-state index in [1.165, 1.54) is 0 Å². The van der Waals surface area contributed by atoms with E-state index in [0.29, 0.717) is 48.4 Å². The minimum Gasteiger partial charge on any atom is -0.497 e. The molecule has 0 radical (unpaired) electrons. The maximum Gasteiger partial charge on any atom is 0.254 e. The van der Waals surface area contributed by atoms with Crippen molar-refractivity contribution in [2.24, 2.45) is 0 Å². The van der Waals surface area contributed by atoms with Gasteiger partial charge in [0.2, 0.25) is 11.8 Å². The number of benzene rings is 2. The van der Waals surface area contributed by atoms with Gasteiger partial charge in [0.15, 0.2) is 0 Å². The zero-order chi connectivity index (χ0) is 23.5. The van der Waals surface area contributed by atoms with Crippen molar-refractivity contribution in [3.63, 3.8) is 0 Å². The van der Waals surface area contributed by atoms with Gasteiger partial charge in [-0.2, -0.15) is 4.98 Å². The highest BCUT2D eigenvalue weighted by molar-refractivity contribution is 5.94. The Morgan fingerprint density at radius 1 is 0.912 bits per heavy atom. The first-order chi connectivity index (χ1) is 16.6. The van der Waals surface area contributed by atoms with Crippen LogP contribution in [0.15, 0.2) is 54.6 Å². The number of ether oxygens (including phenoxy) is 2. The highest BCUT2D eigenvalue weighted by Gasteiger charge is 2.29. The number of amides is 1. The van der Waals surface area contributed by atoms with Gasteiger partial charge in [-0.25, -0.2) is 4.98 Å². The number of fused-ring (bicyclic) bond motifs is 1. The molecule has 3 heterocycles. The second-order valence-electron chi connectivity index (χ2n) is 8.67. The first-order valence-corrected chi connectivity index (χ1v) is 11.6. The van der Waals surface area contributed by atoms with Crippen LogP contribution in [0.1, 0.15) is 21.6 Å². The largest absolute Gasteiger partial charge is 0.497 e. The number of carbonyl (C=O) groups excluding carboxylic acids is 1. The van der Waals surface area contributed by atoms with E-state index in [1.54, 1.807) is 7.11 Å². The predicted octanol–water partition coefficient (Wildman–Crippen LogP) is 3.23. The number of piperazine rings is 1. The van der Waals surface area contributed by atoms with Gasteiger partial charge in [0.25, 0.3) is 5.91 Å². The van der Waals surface area contributed by atoms with Gasteiger partial charge in [-0.3, -0.25) is 4.79 Å². The van der Waals surface area contributed by atoms with Crippen LogP contribution in [0.25, 0.3) is 0 Å². The molecule has 1 amide bonds. The van der Waals surface area contributed by atoms with Crippen LogP contribution >= 0.6 is 0 Å². The number of likely N-dealkylation sites (N-methyl/N-ethyl adjacent to an activating group) is 1. The molecule has 0 spiro atoms. The van der Waals surface area contributed by atoms with Crippen molar-refractivity contribution < 1.29 is 14.3 Å². The molecule has 0 N–H and O–H groups in total. The van der Waals surface area contributed by atoms with Gasteiger partial charge in [-0.1, -0.05) is 24.3 Å². The van der Waals surface area contributed by atoms with Crippen LogP contribution in [0.4, 0.5) is 5.95 Å². The van der Waals surface area contributed by atoms with Crippen LogP contribution in [-0.2, 0) is 13.0 Å². The number of anilines is 1. The molecule has 0 atom stereocenters. The maximum atomic E-state index is 13.1. The summed E-state index contributed by atoms with van der Waals surface area (Å²) in [7, 11) is 3.75. The SMILES string of the molecule is COc1cccc(Oc2nc(N3CCN(C)CC3)nc3c2CN(C(=O)c2ccccc2)CC3)c1. The van der Waals surface area contributed by atoms with Gasteiger partial charge in [0, 0.05) is 50.8 Å². The van der Waals surface area contributed by atoms with Gasteiger partial charge >= 0.3 is 0 Å². The van der Waals surface area contributed by atoms with Crippen molar-refractivity contribution in [2.45, 2.75) is 13.0 Å². The van der Waals surface area contributed by atoms with Gasteiger partial charge in [-0.15, -0.1) is 0 Å². The summed E-state index contributed by atoms with van der Waals surface area (Å²) < 4.78 is 11.7. The van der Waals surface area contributed by atoms with E-state index >= 15 is 0 Å². The Labute approximate surface area is 199 Å². The molecule has 2 aromatic carbocycles. The predicted molar refractivity (Wildman–Crippen MR) is 130 cm³/mol. The topological polar surface area (TPSA) is 71.0 Å². The molecule has 176 valence electrons. The number of nitrogens with zero attached hydrogens (tertiary/aromatic N) is 5. The molecule has 2 aliphatic heterocycles. The lowest BCUT2D eigenvalue weighted by atomic mass is 10.1. The second-order valence-corrected chi connectivity index (χ2v) is 8.67. The summed E-state index contributed by atoms with van der Waals surface area (Å²) in [6.45, 7) is 4.68. The summed E-state index contributed by atoms with van der Waals surface area (Å²) in [6, 6.07) is 16.8. The summed E-state index contributed by atoms with van der Waals surface area (Å²) in [5, 5.41) is 0. The van der Waals surface area contributed by atoms with E-state index < -0.39 is 0 Å². The van der Waals surface area contributed by atoms with Crippen molar-refractivity contribution in [3.8, 4) is 17.4 Å². The molecule has 5 rings (SSSR count). The molecule has 8 nitrogen and oxygen atoms in total. The van der Waals surface area contributed by atoms with Crippen LogP contribution < -0.4 is 14.4 Å². The molecule has 0 bridgehead atoms. The summed E-state index contributed by atoms with van der Waals surface area (Å²) >= 11 is 0. The molecule has 0 aliphatic carbocycles. The highest BCUT2D eigenvalue weighted by atomic mass is 16.5. The van der Waals surface area contributed by atoms with Crippen molar-refractivity contribution >= 4 is 11.9 Å². The van der Waals surface area contributed by atoms with E-state index in [1.807, 2.05) is 59.5 Å². The number of hydrogen-bond acceptors (Lipinski definition) is 7. The fraction of sp³-hybridized carbons (Fsp3) is 0.346. The molecule has 2 aliphatic rings.